The van der Waals surface area contributed by atoms with Crippen molar-refractivity contribution in [2.45, 2.75) is 19.4 Å². The molecule has 2 heterocycles. The molecule has 0 atom stereocenters. The van der Waals surface area contributed by atoms with E-state index in [1.165, 1.54) is 16.7 Å². The molecule has 2 N–H and O–H groups in total. The monoisotopic (exact) mass is 304 g/mol. The first-order valence-electron chi connectivity index (χ1n) is 7.64. The van der Waals surface area contributed by atoms with Gasteiger partial charge < -0.3 is 5.32 Å². The fraction of sp³-hybridized carbons (Fsp3) is 0.167. The van der Waals surface area contributed by atoms with Gasteiger partial charge in [-0.2, -0.15) is 5.10 Å². The molecular weight excluding hydrogens is 288 g/mol. The summed E-state index contributed by atoms with van der Waals surface area (Å²) in [6.45, 7) is 0.423. The summed E-state index contributed by atoms with van der Waals surface area (Å²) in [6, 6.07) is 12.4. The number of carbonyl (C=O) groups is 1. The first kappa shape index (κ1) is 13.7. The summed E-state index contributed by atoms with van der Waals surface area (Å²) < 4.78 is 0. The highest BCUT2D eigenvalue weighted by molar-refractivity contribution is 5.77. The molecule has 5 heteroatoms. The number of fused-ring (bicyclic) bond motifs is 3. The van der Waals surface area contributed by atoms with Crippen LogP contribution in [0.4, 0.5) is 0 Å². The Kier molecular flexibility index (Phi) is 3.38. The molecule has 0 bridgehead atoms. The Hall–Kier alpha value is -2.95. The molecule has 3 aromatic rings. The van der Waals surface area contributed by atoms with Crippen LogP contribution in [-0.2, 0) is 24.2 Å². The van der Waals surface area contributed by atoms with Crippen molar-refractivity contribution in [1.29, 1.82) is 0 Å². The zero-order chi connectivity index (χ0) is 15.6. The second kappa shape index (κ2) is 5.68. The topological polar surface area (TPSA) is 70.7 Å². The lowest BCUT2D eigenvalue weighted by molar-refractivity contribution is -0.109. The van der Waals surface area contributed by atoms with E-state index in [1.807, 2.05) is 12.1 Å². The summed E-state index contributed by atoms with van der Waals surface area (Å²) in [6.07, 6.45) is 4.44. The van der Waals surface area contributed by atoms with Gasteiger partial charge in [-0.1, -0.05) is 24.3 Å². The van der Waals surface area contributed by atoms with Crippen LogP contribution in [-0.4, -0.2) is 21.6 Å². The van der Waals surface area contributed by atoms with Gasteiger partial charge in [0.05, 0.1) is 23.6 Å². The van der Waals surface area contributed by atoms with Gasteiger partial charge in [0.1, 0.15) is 0 Å². The van der Waals surface area contributed by atoms with Gasteiger partial charge in [0.2, 0.25) is 6.41 Å². The van der Waals surface area contributed by atoms with Crippen molar-refractivity contribution in [2.75, 3.05) is 0 Å². The highest BCUT2D eigenvalue weighted by Crippen LogP contribution is 2.36. The van der Waals surface area contributed by atoms with Gasteiger partial charge in [-0.15, -0.1) is 0 Å². The number of benzene rings is 1. The molecule has 5 nitrogen and oxygen atoms in total. The van der Waals surface area contributed by atoms with E-state index < -0.39 is 0 Å². The minimum Gasteiger partial charge on any atom is -0.353 e. The summed E-state index contributed by atoms with van der Waals surface area (Å²) in [5.74, 6) is 0. The highest BCUT2D eigenvalue weighted by Gasteiger charge is 2.22. The number of nitrogens with zero attached hydrogens (tertiary/aromatic N) is 2. The summed E-state index contributed by atoms with van der Waals surface area (Å²) >= 11 is 0. The molecule has 0 saturated heterocycles. The van der Waals surface area contributed by atoms with Gasteiger partial charge in [-0.3, -0.25) is 14.9 Å². The Balaban J connectivity index is 1.75. The van der Waals surface area contributed by atoms with Crippen LogP contribution >= 0.6 is 0 Å². The van der Waals surface area contributed by atoms with Crippen LogP contribution in [0.5, 0.6) is 0 Å². The van der Waals surface area contributed by atoms with E-state index in [0.29, 0.717) is 13.0 Å². The Morgan fingerprint density at radius 1 is 1.22 bits per heavy atom. The average molecular weight is 304 g/mol. The Morgan fingerprint density at radius 2 is 2.13 bits per heavy atom. The largest absolute Gasteiger partial charge is 0.353 e. The summed E-state index contributed by atoms with van der Waals surface area (Å²) in [4.78, 5) is 14.7. The van der Waals surface area contributed by atoms with Crippen molar-refractivity contribution >= 4 is 6.41 Å². The second-order valence-electron chi connectivity index (χ2n) is 5.62. The van der Waals surface area contributed by atoms with E-state index in [4.69, 9.17) is 0 Å². The molecular formula is C18H16N4O. The van der Waals surface area contributed by atoms with Gasteiger partial charge in [0, 0.05) is 22.9 Å². The molecule has 0 saturated carbocycles. The van der Waals surface area contributed by atoms with E-state index in [-0.39, 0.29) is 0 Å². The number of nitrogens with one attached hydrogen (secondary N) is 2. The number of carbonyl (C=O) groups excluding carboxylic acids is 1. The molecule has 2 aromatic heterocycles. The van der Waals surface area contributed by atoms with E-state index in [0.717, 1.165) is 35.5 Å². The van der Waals surface area contributed by atoms with Gasteiger partial charge >= 0.3 is 0 Å². The van der Waals surface area contributed by atoms with Crippen LogP contribution in [0.2, 0.25) is 0 Å². The smallest absolute Gasteiger partial charge is 0.207 e. The molecule has 114 valence electrons. The predicted octanol–water partition coefficient (Wildman–Crippen LogP) is 2.48. The first-order valence-corrected chi connectivity index (χ1v) is 7.64. The van der Waals surface area contributed by atoms with E-state index in [2.05, 4.69) is 44.8 Å². The zero-order valence-corrected chi connectivity index (χ0v) is 12.5. The van der Waals surface area contributed by atoms with Gasteiger partial charge in [-0.25, -0.2) is 0 Å². The summed E-state index contributed by atoms with van der Waals surface area (Å²) in [5.41, 5.74) is 7.80. The lowest BCUT2D eigenvalue weighted by Crippen LogP contribution is -2.11. The molecule has 0 fully saturated rings. The van der Waals surface area contributed by atoms with Gasteiger partial charge in [0.15, 0.2) is 0 Å². The Morgan fingerprint density at radius 3 is 3.04 bits per heavy atom. The fourth-order valence-electron chi connectivity index (χ4n) is 3.18. The third-order valence-corrected chi connectivity index (χ3v) is 4.25. The normalized spacial score (nSPS) is 12.3. The van der Waals surface area contributed by atoms with Crippen LogP contribution in [0.1, 0.15) is 16.8 Å². The Labute approximate surface area is 133 Å². The van der Waals surface area contributed by atoms with Crippen molar-refractivity contribution in [3.8, 4) is 22.5 Å². The number of amides is 1. The molecule has 4 rings (SSSR count). The summed E-state index contributed by atoms with van der Waals surface area (Å²) in [5, 5.41) is 10.4. The van der Waals surface area contributed by atoms with Crippen molar-refractivity contribution in [3.63, 3.8) is 0 Å². The molecule has 0 radical (unpaired) electrons. The minimum atomic E-state index is 0.423. The number of aromatic amines is 1. The average Bonchev–Trinajstić information content (AvgIpc) is 3.05. The third-order valence-electron chi connectivity index (χ3n) is 4.25. The molecule has 0 spiro atoms. The standard InChI is InChI=1S/C18H16N4O/c23-11-19-10-14-9-13(7-8-20-14)17-16-6-5-12-3-1-2-4-15(12)18(16)22-21-17/h1-4,7-9,11H,5-6,10H2,(H,19,23)(H,21,22). The maximum absolute atomic E-state index is 10.4. The van der Waals surface area contributed by atoms with Gasteiger partial charge in [-0.05, 0) is 30.5 Å². The van der Waals surface area contributed by atoms with Crippen LogP contribution in [0.15, 0.2) is 42.6 Å². The molecule has 0 unspecified atom stereocenters. The van der Waals surface area contributed by atoms with Gasteiger partial charge in [0.25, 0.3) is 0 Å². The van der Waals surface area contributed by atoms with Crippen LogP contribution in [0.25, 0.3) is 22.5 Å². The number of H-pyrrole nitrogens is 1. The molecule has 1 aliphatic carbocycles. The van der Waals surface area contributed by atoms with Crippen molar-refractivity contribution < 1.29 is 4.79 Å². The quantitative estimate of drug-likeness (QED) is 0.727. The molecule has 0 aliphatic heterocycles. The number of hydrogen-bond donors (Lipinski definition) is 2. The van der Waals surface area contributed by atoms with Crippen LogP contribution in [0, 0.1) is 0 Å². The number of aromatic nitrogens is 3. The second-order valence-corrected chi connectivity index (χ2v) is 5.62. The highest BCUT2D eigenvalue weighted by atomic mass is 16.1. The lowest BCUT2D eigenvalue weighted by Gasteiger charge is -2.16. The Bertz CT molecular complexity index is 869. The van der Waals surface area contributed by atoms with Crippen LogP contribution < -0.4 is 5.32 Å². The number of pyridine rings is 1. The summed E-state index contributed by atoms with van der Waals surface area (Å²) in [7, 11) is 0. The van der Waals surface area contributed by atoms with Crippen molar-refractivity contribution in [1.82, 2.24) is 20.5 Å². The third kappa shape index (κ3) is 2.40. The number of rotatable bonds is 4. The maximum Gasteiger partial charge on any atom is 0.207 e. The SMILES string of the molecule is O=CNCc1cc(-c2n[nH]c3c2CCc2ccccc2-3)ccn1. The molecule has 1 aliphatic rings. The molecule has 1 aromatic carbocycles. The first-order chi connectivity index (χ1) is 11.4. The predicted molar refractivity (Wildman–Crippen MR) is 87.6 cm³/mol. The number of hydrogen-bond acceptors (Lipinski definition) is 3. The van der Waals surface area contributed by atoms with Crippen molar-refractivity contribution in [3.05, 3.63) is 59.4 Å². The molecule has 1 amide bonds. The van der Waals surface area contributed by atoms with Crippen molar-refractivity contribution in [2.24, 2.45) is 0 Å². The van der Waals surface area contributed by atoms with Crippen LogP contribution in [0.3, 0.4) is 0 Å². The van der Waals surface area contributed by atoms with E-state index in [1.54, 1.807) is 6.20 Å². The lowest BCUT2D eigenvalue weighted by atomic mass is 9.88. The minimum absolute atomic E-state index is 0.423. The molecule has 23 heavy (non-hydrogen) atoms. The fourth-order valence-corrected chi connectivity index (χ4v) is 3.18. The number of aryl methyl sites for hydroxylation is 1. The zero-order valence-electron chi connectivity index (χ0n) is 12.5. The maximum atomic E-state index is 10.4. The van der Waals surface area contributed by atoms with E-state index in [9.17, 15) is 4.79 Å². The van der Waals surface area contributed by atoms with E-state index >= 15 is 0 Å².